The quantitative estimate of drug-likeness (QED) is 0.625. The summed E-state index contributed by atoms with van der Waals surface area (Å²) in [7, 11) is 0. The van der Waals surface area contributed by atoms with E-state index in [0.717, 1.165) is 32.1 Å². The normalized spacial score (nSPS) is 19.7. The number of hydrogen-bond acceptors (Lipinski definition) is 2. The van der Waals surface area contributed by atoms with E-state index >= 15 is 0 Å². The largest absolute Gasteiger partial charge is 0.356 e. The monoisotopic (exact) mass is 210 g/mol. The van der Waals surface area contributed by atoms with Gasteiger partial charge in [-0.2, -0.15) is 0 Å². The van der Waals surface area contributed by atoms with E-state index in [0.29, 0.717) is 13.1 Å². The van der Waals surface area contributed by atoms with Gasteiger partial charge in [0.2, 0.25) is 11.8 Å². The lowest BCUT2D eigenvalue weighted by Crippen LogP contribution is -2.31. The molecule has 0 bridgehead atoms. The van der Waals surface area contributed by atoms with E-state index in [-0.39, 0.29) is 23.7 Å². The lowest BCUT2D eigenvalue weighted by atomic mass is 10.3. The van der Waals surface area contributed by atoms with Gasteiger partial charge in [0.15, 0.2) is 0 Å². The Hall–Kier alpha value is -1.06. The maximum Gasteiger partial charge on any atom is 0.223 e. The lowest BCUT2D eigenvalue weighted by Gasteiger charge is -2.05. The number of rotatable bonds is 6. The van der Waals surface area contributed by atoms with Gasteiger partial charge in [0.1, 0.15) is 0 Å². The molecule has 0 unspecified atom stereocenters. The maximum atomic E-state index is 11.2. The Kier molecular flexibility index (Phi) is 3.23. The molecule has 0 aliphatic heterocycles. The molecule has 0 saturated heterocycles. The van der Waals surface area contributed by atoms with Crippen molar-refractivity contribution in [2.45, 2.75) is 32.1 Å². The molecule has 2 fully saturated rings. The van der Waals surface area contributed by atoms with E-state index in [1.807, 2.05) is 0 Å². The van der Waals surface area contributed by atoms with Gasteiger partial charge in [-0.3, -0.25) is 9.59 Å². The first-order chi connectivity index (χ1) is 7.27. The lowest BCUT2D eigenvalue weighted by molar-refractivity contribution is -0.122. The molecule has 2 saturated carbocycles. The van der Waals surface area contributed by atoms with Crippen molar-refractivity contribution in [3.63, 3.8) is 0 Å². The Balaban J connectivity index is 1.44. The fraction of sp³-hybridized carbons (Fsp3) is 0.818. The molecule has 2 aliphatic rings. The minimum atomic E-state index is 0.184. The Bertz CT molecular complexity index is 231. The molecule has 4 heteroatoms. The van der Waals surface area contributed by atoms with Gasteiger partial charge in [0, 0.05) is 24.9 Å². The Morgan fingerprint density at radius 2 is 1.27 bits per heavy atom. The zero-order valence-corrected chi connectivity index (χ0v) is 8.92. The average molecular weight is 210 g/mol. The van der Waals surface area contributed by atoms with Gasteiger partial charge < -0.3 is 10.6 Å². The summed E-state index contributed by atoms with van der Waals surface area (Å²) in [6.45, 7) is 1.36. The first-order valence-corrected chi connectivity index (χ1v) is 5.83. The van der Waals surface area contributed by atoms with Gasteiger partial charge in [0.25, 0.3) is 0 Å². The highest BCUT2D eigenvalue weighted by atomic mass is 16.2. The van der Waals surface area contributed by atoms with Crippen LogP contribution in [0.3, 0.4) is 0 Å². The van der Waals surface area contributed by atoms with Gasteiger partial charge in [-0.1, -0.05) is 0 Å². The second kappa shape index (κ2) is 4.64. The van der Waals surface area contributed by atoms with Crippen LogP contribution in [0.5, 0.6) is 0 Å². The molecule has 0 heterocycles. The third-order valence-corrected chi connectivity index (χ3v) is 2.85. The molecule has 15 heavy (non-hydrogen) atoms. The van der Waals surface area contributed by atoms with Crippen molar-refractivity contribution in [1.29, 1.82) is 0 Å². The molecule has 0 aromatic rings. The van der Waals surface area contributed by atoms with Gasteiger partial charge in [0.05, 0.1) is 0 Å². The van der Waals surface area contributed by atoms with Crippen LogP contribution in [0.2, 0.25) is 0 Å². The summed E-state index contributed by atoms with van der Waals surface area (Å²) < 4.78 is 0. The first-order valence-electron chi connectivity index (χ1n) is 5.83. The van der Waals surface area contributed by atoms with Crippen LogP contribution in [0.15, 0.2) is 0 Å². The van der Waals surface area contributed by atoms with Crippen molar-refractivity contribution >= 4 is 11.8 Å². The van der Waals surface area contributed by atoms with Gasteiger partial charge >= 0.3 is 0 Å². The van der Waals surface area contributed by atoms with E-state index in [4.69, 9.17) is 0 Å². The van der Waals surface area contributed by atoms with Gasteiger partial charge in [-0.25, -0.2) is 0 Å². The number of amides is 2. The predicted octanol–water partition coefficient (Wildman–Crippen LogP) is 0.429. The van der Waals surface area contributed by atoms with E-state index < -0.39 is 0 Å². The van der Waals surface area contributed by atoms with Crippen LogP contribution < -0.4 is 10.6 Å². The molecular weight excluding hydrogens is 192 g/mol. The Morgan fingerprint density at radius 3 is 1.60 bits per heavy atom. The van der Waals surface area contributed by atoms with Crippen LogP contribution in [0.1, 0.15) is 32.1 Å². The fourth-order valence-electron chi connectivity index (χ4n) is 1.49. The van der Waals surface area contributed by atoms with Crippen LogP contribution in [-0.4, -0.2) is 24.9 Å². The van der Waals surface area contributed by atoms with Crippen molar-refractivity contribution in [3.05, 3.63) is 0 Å². The predicted molar refractivity (Wildman–Crippen MR) is 56.1 cm³/mol. The Labute approximate surface area is 89.8 Å². The van der Waals surface area contributed by atoms with E-state index in [1.54, 1.807) is 0 Å². The molecule has 2 N–H and O–H groups in total. The van der Waals surface area contributed by atoms with Crippen molar-refractivity contribution in [1.82, 2.24) is 10.6 Å². The second-order valence-electron chi connectivity index (χ2n) is 4.48. The topological polar surface area (TPSA) is 58.2 Å². The summed E-state index contributed by atoms with van der Waals surface area (Å²) >= 11 is 0. The third kappa shape index (κ3) is 3.53. The molecule has 0 spiro atoms. The zero-order chi connectivity index (χ0) is 10.7. The van der Waals surface area contributed by atoms with Crippen LogP contribution >= 0.6 is 0 Å². The molecule has 2 amide bonds. The highest BCUT2D eigenvalue weighted by Crippen LogP contribution is 2.29. The summed E-state index contributed by atoms with van der Waals surface area (Å²) in [5, 5.41) is 5.75. The summed E-state index contributed by atoms with van der Waals surface area (Å²) in [5.74, 6) is 0.934. The second-order valence-corrected chi connectivity index (χ2v) is 4.48. The molecular formula is C11H18N2O2. The molecule has 4 nitrogen and oxygen atoms in total. The summed E-state index contributed by atoms with van der Waals surface area (Å²) in [6.07, 6.45) is 5.01. The Morgan fingerprint density at radius 1 is 0.867 bits per heavy atom. The van der Waals surface area contributed by atoms with Crippen molar-refractivity contribution in [2.24, 2.45) is 11.8 Å². The third-order valence-electron chi connectivity index (χ3n) is 2.85. The fourth-order valence-corrected chi connectivity index (χ4v) is 1.49. The smallest absolute Gasteiger partial charge is 0.223 e. The zero-order valence-electron chi connectivity index (χ0n) is 8.92. The first kappa shape index (κ1) is 10.5. The molecule has 0 aromatic heterocycles. The van der Waals surface area contributed by atoms with Crippen LogP contribution in [0, 0.1) is 11.8 Å². The highest BCUT2D eigenvalue weighted by molar-refractivity contribution is 5.81. The number of hydrogen-bond donors (Lipinski definition) is 2. The van der Waals surface area contributed by atoms with E-state index in [2.05, 4.69) is 10.6 Å². The van der Waals surface area contributed by atoms with Crippen molar-refractivity contribution in [3.8, 4) is 0 Å². The summed E-state index contributed by atoms with van der Waals surface area (Å²) in [5.41, 5.74) is 0. The van der Waals surface area contributed by atoms with Crippen LogP contribution in [0.25, 0.3) is 0 Å². The number of carbonyl (C=O) groups excluding carboxylic acids is 2. The maximum absolute atomic E-state index is 11.2. The molecule has 0 radical (unpaired) electrons. The van der Waals surface area contributed by atoms with Crippen LogP contribution in [-0.2, 0) is 9.59 Å². The number of carbonyl (C=O) groups is 2. The molecule has 0 atom stereocenters. The van der Waals surface area contributed by atoms with Crippen molar-refractivity contribution in [2.75, 3.05) is 13.1 Å². The van der Waals surface area contributed by atoms with Gasteiger partial charge in [-0.15, -0.1) is 0 Å². The standard InChI is InChI=1S/C11H18N2O2/c14-10(8-2-3-8)12-6-1-7-13-11(15)9-4-5-9/h8-9H,1-7H2,(H,12,14)(H,13,15). The van der Waals surface area contributed by atoms with Crippen LogP contribution in [0.4, 0.5) is 0 Å². The molecule has 2 aliphatic carbocycles. The molecule has 84 valence electrons. The highest BCUT2D eigenvalue weighted by Gasteiger charge is 2.29. The molecule has 2 rings (SSSR count). The summed E-state index contributed by atoms with van der Waals surface area (Å²) in [6, 6.07) is 0. The minimum absolute atomic E-state index is 0.184. The number of nitrogens with one attached hydrogen (secondary N) is 2. The SMILES string of the molecule is O=C(NCCCNC(=O)C1CC1)C1CC1. The van der Waals surface area contributed by atoms with E-state index in [1.165, 1.54) is 0 Å². The summed E-state index contributed by atoms with van der Waals surface area (Å²) in [4.78, 5) is 22.4. The van der Waals surface area contributed by atoms with E-state index in [9.17, 15) is 9.59 Å². The van der Waals surface area contributed by atoms with Crippen molar-refractivity contribution < 1.29 is 9.59 Å². The minimum Gasteiger partial charge on any atom is -0.356 e. The van der Waals surface area contributed by atoms with Gasteiger partial charge in [-0.05, 0) is 32.1 Å². The molecule has 0 aromatic carbocycles. The average Bonchev–Trinajstić information content (AvgIpc) is 3.06.